The van der Waals surface area contributed by atoms with E-state index >= 15 is 0 Å². The molecule has 0 radical (unpaired) electrons. The van der Waals surface area contributed by atoms with Gasteiger partial charge < -0.3 is 9.52 Å². The number of hydrogen-bond donors (Lipinski definition) is 1. The molecule has 0 spiro atoms. The Balaban J connectivity index is 2.42. The lowest BCUT2D eigenvalue weighted by Crippen LogP contribution is -1.85. The van der Waals surface area contributed by atoms with Crippen LogP contribution >= 0.6 is 11.6 Å². The second kappa shape index (κ2) is 4.28. The molecule has 0 fully saturated rings. The minimum atomic E-state index is -0.683. The van der Waals surface area contributed by atoms with Crippen molar-refractivity contribution in [2.45, 2.75) is 13.0 Å². The van der Waals surface area contributed by atoms with Gasteiger partial charge in [0.2, 0.25) is 0 Å². The summed E-state index contributed by atoms with van der Waals surface area (Å²) in [5.41, 5.74) is 0.553. The molecule has 0 saturated carbocycles. The molecule has 1 unspecified atom stereocenters. The zero-order valence-electron chi connectivity index (χ0n) is 8.58. The first-order chi connectivity index (χ1) is 7.56. The van der Waals surface area contributed by atoms with E-state index in [1.54, 1.807) is 25.1 Å². The van der Waals surface area contributed by atoms with Gasteiger partial charge >= 0.3 is 0 Å². The van der Waals surface area contributed by atoms with Crippen molar-refractivity contribution in [1.29, 1.82) is 0 Å². The van der Waals surface area contributed by atoms with Gasteiger partial charge in [0.05, 0.1) is 0 Å². The first-order valence-electron chi connectivity index (χ1n) is 4.80. The topological polar surface area (TPSA) is 33.4 Å². The average Bonchev–Trinajstić information content (AvgIpc) is 2.64. The smallest absolute Gasteiger partial charge is 0.134 e. The molecule has 4 heteroatoms. The summed E-state index contributed by atoms with van der Waals surface area (Å²) in [7, 11) is 0. The van der Waals surface area contributed by atoms with Crippen LogP contribution in [0.25, 0.3) is 11.3 Å². The average molecular weight is 241 g/mol. The van der Waals surface area contributed by atoms with Gasteiger partial charge in [0.25, 0.3) is 0 Å². The van der Waals surface area contributed by atoms with Crippen LogP contribution < -0.4 is 0 Å². The molecule has 1 aromatic heterocycles. The van der Waals surface area contributed by atoms with Gasteiger partial charge in [0.15, 0.2) is 0 Å². The van der Waals surface area contributed by atoms with Crippen molar-refractivity contribution < 1.29 is 13.9 Å². The number of hydrogen-bond acceptors (Lipinski definition) is 2. The molecule has 2 aromatic rings. The van der Waals surface area contributed by atoms with Crippen LogP contribution in [-0.4, -0.2) is 5.11 Å². The maximum Gasteiger partial charge on any atom is 0.134 e. The van der Waals surface area contributed by atoms with Crippen LogP contribution in [0.4, 0.5) is 4.39 Å². The van der Waals surface area contributed by atoms with Gasteiger partial charge in [0, 0.05) is 10.6 Å². The van der Waals surface area contributed by atoms with E-state index < -0.39 is 11.9 Å². The second-order valence-electron chi connectivity index (χ2n) is 3.54. The molecule has 1 atom stereocenters. The van der Waals surface area contributed by atoms with E-state index in [0.29, 0.717) is 22.1 Å². The molecule has 0 bridgehead atoms. The van der Waals surface area contributed by atoms with Crippen molar-refractivity contribution in [3.63, 3.8) is 0 Å². The summed E-state index contributed by atoms with van der Waals surface area (Å²) >= 11 is 5.74. The predicted molar refractivity (Wildman–Crippen MR) is 59.7 cm³/mol. The summed E-state index contributed by atoms with van der Waals surface area (Å²) in [6.45, 7) is 1.60. The Kier molecular flexibility index (Phi) is 2.99. The van der Waals surface area contributed by atoms with E-state index in [1.807, 2.05) is 0 Å². The van der Waals surface area contributed by atoms with Crippen molar-refractivity contribution in [2.75, 3.05) is 0 Å². The predicted octanol–water partition coefficient (Wildman–Crippen LogP) is 3.79. The van der Waals surface area contributed by atoms with Crippen molar-refractivity contribution in [2.24, 2.45) is 0 Å². The number of rotatable bonds is 2. The highest BCUT2D eigenvalue weighted by Gasteiger charge is 2.10. The van der Waals surface area contributed by atoms with Crippen LogP contribution in [0.2, 0.25) is 5.02 Å². The van der Waals surface area contributed by atoms with Gasteiger partial charge in [-0.25, -0.2) is 4.39 Å². The quantitative estimate of drug-likeness (QED) is 0.866. The summed E-state index contributed by atoms with van der Waals surface area (Å²) in [6, 6.07) is 7.49. The largest absolute Gasteiger partial charge is 0.458 e. The van der Waals surface area contributed by atoms with Gasteiger partial charge in [-0.2, -0.15) is 0 Å². The number of furan rings is 1. The highest BCUT2D eigenvalue weighted by atomic mass is 35.5. The Morgan fingerprint density at radius 1 is 1.31 bits per heavy atom. The normalized spacial score (nSPS) is 12.8. The first kappa shape index (κ1) is 11.2. The van der Waals surface area contributed by atoms with Crippen LogP contribution in [0.5, 0.6) is 0 Å². The Labute approximate surface area is 97.3 Å². The molecule has 1 aromatic carbocycles. The highest BCUT2D eigenvalue weighted by molar-refractivity contribution is 6.30. The molecule has 84 valence electrons. The first-order valence-corrected chi connectivity index (χ1v) is 5.18. The molecule has 2 nitrogen and oxygen atoms in total. The van der Waals surface area contributed by atoms with Crippen molar-refractivity contribution >= 4 is 11.6 Å². The summed E-state index contributed by atoms with van der Waals surface area (Å²) in [5.74, 6) is 0.505. The van der Waals surface area contributed by atoms with Crippen LogP contribution in [0.3, 0.4) is 0 Å². The fourth-order valence-corrected chi connectivity index (χ4v) is 1.65. The number of aliphatic hydroxyl groups excluding tert-OH is 1. The van der Waals surface area contributed by atoms with Crippen LogP contribution in [0.1, 0.15) is 18.8 Å². The van der Waals surface area contributed by atoms with E-state index in [1.165, 1.54) is 12.1 Å². The SMILES string of the molecule is CC(O)c1ccc(-c2cc(F)cc(Cl)c2)o1. The van der Waals surface area contributed by atoms with E-state index in [2.05, 4.69) is 0 Å². The lowest BCUT2D eigenvalue weighted by Gasteiger charge is -2.00. The van der Waals surface area contributed by atoms with Crippen LogP contribution in [-0.2, 0) is 0 Å². The van der Waals surface area contributed by atoms with Gasteiger partial charge in [-0.3, -0.25) is 0 Å². The molecule has 16 heavy (non-hydrogen) atoms. The molecule has 1 N–H and O–H groups in total. The Morgan fingerprint density at radius 2 is 2.06 bits per heavy atom. The van der Waals surface area contributed by atoms with E-state index in [0.717, 1.165) is 0 Å². The molecule has 2 rings (SSSR count). The highest BCUT2D eigenvalue weighted by Crippen LogP contribution is 2.28. The molecule has 1 heterocycles. The van der Waals surface area contributed by atoms with E-state index in [-0.39, 0.29) is 0 Å². The molecular formula is C12H10ClFO2. The second-order valence-corrected chi connectivity index (χ2v) is 3.97. The van der Waals surface area contributed by atoms with Gasteiger partial charge in [-0.15, -0.1) is 0 Å². The monoisotopic (exact) mass is 240 g/mol. The van der Waals surface area contributed by atoms with E-state index in [9.17, 15) is 9.50 Å². The molecule has 0 amide bonds. The van der Waals surface area contributed by atoms with Crippen molar-refractivity contribution in [3.05, 3.63) is 46.9 Å². The van der Waals surface area contributed by atoms with Crippen molar-refractivity contribution in [1.82, 2.24) is 0 Å². The number of benzene rings is 1. The Bertz CT molecular complexity index is 485. The molecule has 0 aliphatic carbocycles. The van der Waals surface area contributed by atoms with Crippen LogP contribution in [0, 0.1) is 5.82 Å². The lowest BCUT2D eigenvalue weighted by atomic mass is 10.2. The summed E-state index contributed by atoms with van der Waals surface area (Å²) in [6.07, 6.45) is -0.683. The third-order valence-corrected chi connectivity index (χ3v) is 2.40. The molecule has 0 aliphatic rings. The molecule has 0 aliphatic heterocycles. The fourth-order valence-electron chi connectivity index (χ4n) is 1.43. The van der Waals surface area contributed by atoms with Gasteiger partial charge in [0.1, 0.15) is 23.4 Å². The number of halogens is 2. The van der Waals surface area contributed by atoms with Crippen LogP contribution in [0.15, 0.2) is 34.7 Å². The summed E-state index contributed by atoms with van der Waals surface area (Å²) < 4.78 is 18.5. The Hall–Kier alpha value is -1.32. The zero-order valence-corrected chi connectivity index (χ0v) is 9.33. The lowest BCUT2D eigenvalue weighted by molar-refractivity contribution is 0.170. The third kappa shape index (κ3) is 2.26. The minimum Gasteiger partial charge on any atom is -0.458 e. The van der Waals surface area contributed by atoms with Crippen molar-refractivity contribution in [3.8, 4) is 11.3 Å². The summed E-state index contributed by atoms with van der Waals surface area (Å²) in [5, 5.41) is 9.61. The third-order valence-electron chi connectivity index (χ3n) is 2.19. The fraction of sp³-hybridized carbons (Fsp3) is 0.167. The standard InChI is InChI=1S/C12H10ClFO2/c1-7(15)11-2-3-12(16-11)8-4-9(13)6-10(14)5-8/h2-7,15H,1H3. The zero-order chi connectivity index (χ0) is 11.7. The molecule has 0 saturated heterocycles. The summed E-state index contributed by atoms with van der Waals surface area (Å²) in [4.78, 5) is 0. The Morgan fingerprint density at radius 3 is 2.62 bits per heavy atom. The van der Waals surface area contributed by atoms with Gasteiger partial charge in [-0.1, -0.05) is 11.6 Å². The maximum absolute atomic E-state index is 13.1. The van der Waals surface area contributed by atoms with E-state index in [4.69, 9.17) is 16.0 Å². The maximum atomic E-state index is 13.1. The minimum absolute atomic E-state index is 0.310. The molecular weight excluding hydrogens is 231 g/mol. The van der Waals surface area contributed by atoms with Gasteiger partial charge in [-0.05, 0) is 37.3 Å². The number of aliphatic hydroxyl groups is 1.